The van der Waals surface area contributed by atoms with Gasteiger partial charge in [0.05, 0.1) is 25.1 Å². The standard InChI is InChI=1S/C15H16ClN3O/c1-19(9-11-6-7-20-10-11)15-17-8-14(18-15)12-2-4-13(16)5-3-12/h2-7,10,14H,8-9H2,1H3,(H,17,18). The Labute approximate surface area is 123 Å². The van der Waals surface area contributed by atoms with E-state index in [2.05, 4.69) is 15.2 Å². The summed E-state index contributed by atoms with van der Waals surface area (Å²) in [7, 11) is 2.02. The van der Waals surface area contributed by atoms with Crippen LogP contribution in [-0.4, -0.2) is 24.5 Å². The molecule has 1 aliphatic heterocycles. The molecule has 0 bridgehead atoms. The quantitative estimate of drug-likeness (QED) is 0.944. The van der Waals surface area contributed by atoms with Crippen molar-refractivity contribution in [1.29, 1.82) is 0 Å². The predicted octanol–water partition coefficient (Wildman–Crippen LogP) is 3.07. The molecule has 5 heteroatoms. The highest BCUT2D eigenvalue weighted by Crippen LogP contribution is 2.20. The molecule has 1 aliphatic rings. The van der Waals surface area contributed by atoms with E-state index in [1.165, 1.54) is 5.56 Å². The van der Waals surface area contributed by atoms with Crippen molar-refractivity contribution < 1.29 is 4.42 Å². The first-order valence-electron chi connectivity index (χ1n) is 6.51. The highest BCUT2D eigenvalue weighted by Gasteiger charge is 2.21. The Bertz CT molecular complexity index is 592. The zero-order valence-corrected chi connectivity index (χ0v) is 12.0. The van der Waals surface area contributed by atoms with Crippen LogP contribution in [0.25, 0.3) is 0 Å². The molecule has 0 saturated carbocycles. The van der Waals surface area contributed by atoms with E-state index in [0.29, 0.717) is 0 Å². The summed E-state index contributed by atoms with van der Waals surface area (Å²) in [6.07, 6.45) is 3.44. The fourth-order valence-corrected chi connectivity index (χ4v) is 2.40. The van der Waals surface area contributed by atoms with Crippen molar-refractivity contribution in [2.75, 3.05) is 13.6 Å². The van der Waals surface area contributed by atoms with Crippen LogP contribution < -0.4 is 5.32 Å². The second-order valence-electron chi connectivity index (χ2n) is 4.90. The lowest BCUT2D eigenvalue weighted by Gasteiger charge is -2.20. The van der Waals surface area contributed by atoms with Gasteiger partial charge in [-0.3, -0.25) is 4.99 Å². The topological polar surface area (TPSA) is 40.8 Å². The fraction of sp³-hybridized carbons (Fsp3) is 0.267. The van der Waals surface area contributed by atoms with E-state index >= 15 is 0 Å². The number of furan rings is 1. The first kappa shape index (κ1) is 13.1. The van der Waals surface area contributed by atoms with Crippen LogP contribution in [0.5, 0.6) is 0 Å². The SMILES string of the molecule is CN(Cc1ccoc1)C1=NCC(c2ccc(Cl)cc2)N1. The number of halogens is 1. The van der Waals surface area contributed by atoms with Gasteiger partial charge in [-0.05, 0) is 23.8 Å². The molecular weight excluding hydrogens is 274 g/mol. The van der Waals surface area contributed by atoms with Crippen LogP contribution in [0.4, 0.5) is 0 Å². The van der Waals surface area contributed by atoms with Crippen LogP contribution >= 0.6 is 11.6 Å². The van der Waals surface area contributed by atoms with Gasteiger partial charge in [0.2, 0.25) is 0 Å². The average Bonchev–Trinajstić information content (AvgIpc) is 3.10. The molecule has 104 valence electrons. The van der Waals surface area contributed by atoms with E-state index in [-0.39, 0.29) is 6.04 Å². The van der Waals surface area contributed by atoms with Crippen LogP contribution in [0.1, 0.15) is 17.2 Å². The van der Waals surface area contributed by atoms with E-state index in [4.69, 9.17) is 16.0 Å². The molecule has 0 radical (unpaired) electrons. The zero-order chi connectivity index (χ0) is 13.9. The smallest absolute Gasteiger partial charge is 0.194 e. The molecular formula is C15H16ClN3O. The Kier molecular flexibility index (Phi) is 3.65. The van der Waals surface area contributed by atoms with Gasteiger partial charge in [0.15, 0.2) is 5.96 Å². The molecule has 20 heavy (non-hydrogen) atoms. The monoisotopic (exact) mass is 289 g/mol. The minimum Gasteiger partial charge on any atom is -0.472 e. The summed E-state index contributed by atoms with van der Waals surface area (Å²) < 4.78 is 5.08. The molecule has 3 rings (SSSR count). The molecule has 0 aliphatic carbocycles. The molecule has 2 heterocycles. The van der Waals surface area contributed by atoms with Crippen molar-refractivity contribution in [2.24, 2.45) is 4.99 Å². The maximum absolute atomic E-state index is 5.91. The number of rotatable bonds is 3. The molecule has 0 spiro atoms. The molecule has 2 aromatic rings. The number of aliphatic imine (C=N–C) groups is 1. The predicted molar refractivity (Wildman–Crippen MR) is 79.8 cm³/mol. The number of guanidine groups is 1. The maximum Gasteiger partial charge on any atom is 0.194 e. The summed E-state index contributed by atoms with van der Waals surface area (Å²) in [6, 6.07) is 10.1. The summed E-state index contributed by atoms with van der Waals surface area (Å²) in [5, 5.41) is 4.20. The molecule has 0 fully saturated rings. The molecule has 1 aromatic carbocycles. The number of hydrogen-bond donors (Lipinski definition) is 1. The van der Waals surface area contributed by atoms with Gasteiger partial charge in [-0.25, -0.2) is 0 Å². The van der Waals surface area contributed by atoms with Gasteiger partial charge in [-0.1, -0.05) is 23.7 Å². The van der Waals surface area contributed by atoms with Crippen molar-refractivity contribution in [1.82, 2.24) is 10.2 Å². The van der Waals surface area contributed by atoms with E-state index < -0.39 is 0 Å². The minimum atomic E-state index is 0.217. The molecule has 0 saturated heterocycles. The molecule has 1 aromatic heterocycles. The van der Waals surface area contributed by atoms with E-state index in [0.717, 1.165) is 29.6 Å². The second kappa shape index (κ2) is 5.59. The third-order valence-electron chi connectivity index (χ3n) is 3.36. The summed E-state index contributed by atoms with van der Waals surface area (Å²) in [4.78, 5) is 6.65. The normalized spacial score (nSPS) is 17.7. The van der Waals surface area contributed by atoms with Crippen LogP contribution in [-0.2, 0) is 6.54 Å². The Hall–Kier alpha value is -1.94. The molecule has 1 N–H and O–H groups in total. The number of nitrogens with one attached hydrogen (secondary N) is 1. The minimum absolute atomic E-state index is 0.217. The van der Waals surface area contributed by atoms with Crippen LogP contribution in [0, 0.1) is 0 Å². The highest BCUT2D eigenvalue weighted by molar-refractivity contribution is 6.30. The van der Waals surface area contributed by atoms with Crippen LogP contribution in [0.15, 0.2) is 52.3 Å². The van der Waals surface area contributed by atoms with Crippen LogP contribution in [0.3, 0.4) is 0 Å². The zero-order valence-electron chi connectivity index (χ0n) is 11.2. The lowest BCUT2D eigenvalue weighted by molar-refractivity contribution is 0.474. The van der Waals surface area contributed by atoms with E-state index in [1.54, 1.807) is 12.5 Å². The van der Waals surface area contributed by atoms with Gasteiger partial charge in [0.1, 0.15) is 0 Å². The third-order valence-corrected chi connectivity index (χ3v) is 3.61. The van der Waals surface area contributed by atoms with Crippen molar-refractivity contribution in [3.8, 4) is 0 Å². The summed E-state index contributed by atoms with van der Waals surface area (Å²) >= 11 is 5.91. The second-order valence-corrected chi connectivity index (χ2v) is 5.34. The van der Waals surface area contributed by atoms with Crippen LogP contribution in [0.2, 0.25) is 5.02 Å². The summed E-state index contributed by atoms with van der Waals surface area (Å²) in [5.74, 6) is 0.908. The number of benzene rings is 1. The van der Waals surface area contributed by atoms with Crippen molar-refractivity contribution in [3.63, 3.8) is 0 Å². The Balaban J connectivity index is 1.62. The average molecular weight is 290 g/mol. The van der Waals surface area contributed by atoms with Gasteiger partial charge in [-0.15, -0.1) is 0 Å². The van der Waals surface area contributed by atoms with Gasteiger partial charge >= 0.3 is 0 Å². The maximum atomic E-state index is 5.91. The molecule has 0 amide bonds. The number of hydrogen-bond acceptors (Lipinski definition) is 4. The lowest BCUT2D eigenvalue weighted by Crippen LogP contribution is -2.36. The first-order chi connectivity index (χ1) is 9.72. The van der Waals surface area contributed by atoms with E-state index in [9.17, 15) is 0 Å². The number of nitrogens with zero attached hydrogens (tertiary/aromatic N) is 2. The fourth-order valence-electron chi connectivity index (χ4n) is 2.27. The van der Waals surface area contributed by atoms with Crippen molar-refractivity contribution in [3.05, 3.63) is 59.0 Å². The Morgan fingerprint density at radius 2 is 2.15 bits per heavy atom. The van der Waals surface area contributed by atoms with Gasteiger partial charge < -0.3 is 14.6 Å². The van der Waals surface area contributed by atoms with Crippen molar-refractivity contribution >= 4 is 17.6 Å². The van der Waals surface area contributed by atoms with Gasteiger partial charge in [0, 0.05) is 24.2 Å². The van der Waals surface area contributed by atoms with E-state index in [1.807, 2.05) is 37.4 Å². The Morgan fingerprint density at radius 3 is 2.85 bits per heavy atom. The third kappa shape index (κ3) is 2.80. The summed E-state index contributed by atoms with van der Waals surface area (Å²) in [6.45, 7) is 1.52. The lowest BCUT2D eigenvalue weighted by atomic mass is 10.1. The highest BCUT2D eigenvalue weighted by atomic mass is 35.5. The molecule has 1 atom stereocenters. The summed E-state index contributed by atoms with van der Waals surface area (Å²) in [5.41, 5.74) is 2.33. The largest absolute Gasteiger partial charge is 0.472 e. The first-order valence-corrected chi connectivity index (χ1v) is 6.89. The van der Waals surface area contributed by atoms with Gasteiger partial charge in [-0.2, -0.15) is 0 Å². The molecule has 1 unspecified atom stereocenters. The Morgan fingerprint density at radius 1 is 1.35 bits per heavy atom. The van der Waals surface area contributed by atoms with Crippen molar-refractivity contribution in [2.45, 2.75) is 12.6 Å². The van der Waals surface area contributed by atoms with Gasteiger partial charge in [0.25, 0.3) is 0 Å². The molecule has 4 nitrogen and oxygen atoms in total.